The van der Waals surface area contributed by atoms with Gasteiger partial charge in [-0.1, -0.05) is 0 Å². The number of ether oxygens (including phenoxy) is 1. The van der Waals surface area contributed by atoms with Gasteiger partial charge in [0.2, 0.25) is 5.91 Å². The van der Waals surface area contributed by atoms with Gasteiger partial charge in [0.1, 0.15) is 0 Å². The van der Waals surface area contributed by atoms with Crippen molar-refractivity contribution in [2.45, 2.75) is 6.42 Å². The number of nitrogens with one attached hydrogen (secondary N) is 1. The minimum Gasteiger partial charge on any atom is -0.383 e. The van der Waals surface area contributed by atoms with Gasteiger partial charge in [0.15, 0.2) is 5.82 Å². The lowest BCUT2D eigenvalue weighted by Gasteiger charge is -2.16. The minimum absolute atomic E-state index is 0.103. The molecule has 3 heterocycles. The standard InChI is InChI=1S/C18H21N5O3/c1-26-7-6-23-12-13(8-16(23)24)9-22-18(25)15-10-20-17(21-11-15)14-2-4-19-5-3-14/h2-5,10-11,13H,6-9,12H2,1H3,(H,22,25)/t13-/m0/s1. The fourth-order valence-electron chi connectivity index (χ4n) is 2.84. The van der Waals surface area contributed by atoms with Crippen molar-refractivity contribution in [2.75, 3.05) is 33.4 Å². The van der Waals surface area contributed by atoms with Crippen molar-refractivity contribution in [1.29, 1.82) is 0 Å². The highest BCUT2D eigenvalue weighted by Crippen LogP contribution is 2.17. The molecule has 0 aromatic carbocycles. The molecule has 1 saturated heterocycles. The SMILES string of the molecule is COCCN1C[C@H](CNC(=O)c2cnc(-c3ccncc3)nc2)CC1=O. The molecule has 8 nitrogen and oxygen atoms in total. The Kier molecular flexibility index (Phi) is 5.85. The van der Waals surface area contributed by atoms with E-state index >= 15 is 0 Å². The first-order valence-corrected chi connectivity index (χ1v) is 8.44. The van der Waals surface area contributed by atoms with Crippen molar-refractivity contribution in [3.05, 3.63) is 42.5 Å². The molecule has 0 saturated carbocycles. The van der Waals surface area contributed by atoms with Crippen molar-refractivity contribution < 1.29 is 14.3 Å². The number of rotatable bonds is 7. The molecule has 2 aromatic rings. The van der Waals surface area contributed by atoms with Crippen LogP contribution in [0.2, 0.25) is 0 Å². The van der Waals surface area contributed by atoms with Crippen molar-refractivity contribution in [2.24, 2.45) is 5.92 Å². The van der Waals surface area contributed by atoms with E-state index in [0.717, 1.165) is 5.56 Å². The van der Waals surface area contributed by atoms with Gasteiger partial charge in [0.25, 0.3) is 5.91 Å². The zero-order valence-corrected chi connectivity index (χ0v) is 14.6. The molecule has 2 aromatic heterocycles. The predicted molar refractivity (Wildman–Crippen MR) is 94.2 cm³/mol. The predicted octanol–water partition coefficient (Wildman–Crippen LogP) is 0.763. The van der Waals surface area contributed by atoms with Gasteiger partial charge in [-0.05, 0) is 12.1 Å². The molecule has 0 bridgehead atoms. The van der Waals surface area contributed by atoms with E-state index in [4.69, 9.17) is 4.74 Å². The number of nitrogens with zero attached hydrogens (tertiary/aromatic N) is 4. The summed E-state index contributed by atoms with van der Waals surface area (Å²) in [6, 6.07) is 3.61. The first kappa shape index (κ1) is 17.9. The molecular weight excluding hydrogens is 334 g/mol. The molecule has 1 aliphatic heterocycles. The van der Waals surface area contributed by atoms with Crippen LogP contribution in [0.5, 0.6) is 0 Å². The number of amides is 2. The number of hydrogen-bond acceptors (Lipinski definition) is 6. The zero-order chi connectivity index (χ0) is 18.4. The highest BCUT2D eigenvalue weighted by atomic mass is 16.5. The summed E-state index contributed by atoms with van der Waals surface area (Å²) in [5, 5.41) is 2.86. The molecule has 0 unspecified atom stereocenters. The van der Waals surface area contributed by atoms with Crippen LogP contribution in [0.15, 0.2) is 36.9 Å². The summed E-state index contributed by atoms with van der Waals surface area (Å²) in [7, 11) is 1.61. The fourth-order valence-corrected chi connectivity index (χ4v) is 2.84. The number of methoxy groups -OCH3 is 1. The number of aromatic nitrogens is 3. The third-order valence-electron chi connectivity index (χ3n) is 4.26. The Morgan fingerprint density at radius 1 is 1.31 bits per heavy atom. The molecule has 1 N–H and O–H groups in total. The van der Waals surface area contributed by atoms with Gasteiger partial charge in [-0.2, -0.15) is 0 Å². The summed E-state index contributed by atoms with van der Waals surface area (Å²) in [5.74, 6) is 0.514. The van der Waals surface area contributed by atoms with E-state index < -0.39 is 0 Å². The Morgan fingerprint density at radius 3 is 2.73 bits per heavy atom. The topological polar surface area (TPSA) is 97.3 Å². The Hall–Kier alpha value is -2.87. The molecule has 1 fully saturated rings. The van der Waals surface area contributed by atoms with Crippen molar-refractivity contribution >= 4 is 11.8 Å². The molecule has 0 aliphatic carbocycles. The van der Waals surface area contributed by atoms with Gasteiger partial charge in [-0.15, -0.1) is 0 Å². The molecule has 1 aliphatic rings. The highest BCUT2D eigenvalue weighted by molar-refractivity contribution is 5.93. The van der Waals surface area contributed by atoms with Crippen LogP contribution in [0.25, 0.3) is 11.4 Å². The summed E-state index contributed by atoms with van der Waals surface area (Å²) in [5.41, 5.74) is 1.23. The molecule has 3 rings (SSSR count). The van der Waals surface area contributed by atoms with E-state index in [-0.39, 0.29) is 17.7 Å². The smallest absolute Gasteiger partial charge is 0.254 e. The fraction of sp³-hybridized carbons (Fsp3) is 0.389. The van der Waals surface area contributed by atoms with E-state index in [1.807, 2.05) is 12.1 Å². The largest absolute Gasteiger partial charge is 0.383 e. The number of carbonyl (C=O) groups is 2. The molecule has 1 atom stereocenters. The summed E-state index contributed by atoms with van der Waals surface area (Å²) in [6.45, 7) is 2.19. The van der Waals surface area contributed by atoms with Gasteiger partial charge in [-0.25, -0.2) is 9.97 Å². The number of carbonyl (C=O) groups excluding carboxylic acids is 2. The van der Waals surface area contributed by atoms with Crippen LogP contribution in [0.4, 0.5) is 0 Å². The molecule has 0 spiro atoms. The summed E-state index contributed by atoms with van der Waals surface area (Å²) in [6.07, 6.45) is 6.78. The summed E-state index contributed by atoms with van der Waals surface area (Å²) in [4.78, 5) is 38.4. The maximum absolute atomic E-state index is 12.3. The van der Waals surface area contributed by atoms with Crippen molar-refractivity contribution in [3.63, 3.8) is 0 Å². The monoisotopic (exact) mass is 355 g/mol. The van der Waals surface area contributed by atoms with Crippen LogP contribution in [-0.4, -0.2) is 65.0 Å². The summed E-state index contributed by atoms with van der Waals surface area (Å²) < 4.78 is 5.00. The Morgan fingerprint density at radius 2 is 2.04 bits per heavy atom. The first-order valence-electron chi connectivity index (χ1n) is 8.44. The van der Waals surface area contributed by atoms with Crippen LogP contribution < -0.4 is 5.32 Å². The normalized spacial score (nSPS) is 16.7. The van der Waals surface area contributed by atoms with Gasteiger partial charge in [0, 0.05) is 69.4 Å². The maximum Gasteiger partial charge on any atom is 0.254 e. The third-order valence-corrected chi connectivity index (χ3v) is 4.26. The van der Waals surface area contributed by atoms with E-state index in [1.165, 1.54) is 12.4 Å². The van der Waals surface area contributed by atoms with Crippen LogP contribution >= 0.6 is 0 Å². The zero-order valence-electron chi connectivity index (χ0n) is 14.6. The second-order valence-corrected chi connectivity index (χ2v) is 6.14. The Balaban J connectivity index is 1.52. The summed E-state index contributed by atoms with van der Waals surface area (Å²) >= 11 is 0. The van der Waals surface area contributed by atoms with E-state index in [0.29, 0.717) is 44.0 Å². The van der Waals surface area contributed by atoms with Crippen LogP contribution in [0.3, 0.4) is 0 Å². The Bertz CT molecular complexity index is 751. The quantitative estimate of drug-likeness (QED) is 0.788. The van der Waals surface area contributed by atoms with Crippen LogP contribution in [-0.2, 0) is 9.53 Å². The first-order chi connectivity index (χ1) is 12.7. The van der Waals surface area contributed by atoms with Gasteiger partial charge >= 0.3 is 0 Å². The lowest BCUT2D eigenvalue weighted by atomic mass is 10.1. The third kappa shape index (κ3) is 4.40. The minimum atomic E-state index is -0.242. The van der Waals surface area contributed by atoms with E-state index in [2.05, 4.69) is 20.3 Å². The molecular formula is C18H21N5O3. The van der Waals surface area contributed by atoms with Crippen molar-refractivity contribution in [3.8, 4) is 11.4 Å². The van der Waals surface area contributed by atoms with Crippen LogP contribution in [0, 0.1) is 5.92 Å². The van der Waals surface area contributed by atoms with E-state index in [9.17, 15) is 9.59 Å². The van der Waals surface area contributed by atoms with Gasteiger partial charge in [0.05, 0.1) is 12.2 Å². The maximum atomic E-state index is 12.3. The average molecular weight is 355 g/mol. The Labute approximate surface area is 151 Å². The molecule has 8 heteroatoms. The van der Waals surface area contributed by atoms with Crippen LogP contribution in [0.1, 0.15) is 16.8 Å². The van der Waals surface area contributed by atoms with E-state index in [1.54, 1.807) is 24.4 Å². The van der Waals surface area contributed by atoms with Gasteiger partial charge in [-0.3, -0.25) is 14.6 Å². The average Bonchev–Trinajstić information content (AvgIpc) is 3.05. The number of likely N-dealkylation sites (tertiary alicyclic amines) is 1. The second kappa shape index (κ2) is 8.48. The number of hydrogen-bond donors (Lipinski definition) is 1. The second-order valence-electron chi connectivity index (χ2n) is 6.14. The molecule has 136 valence electrons. The van der Waals surface area contributed by atoms with Gasteiger partial charge < -0.3 is 15.0 Å². The lowest BCUT2D eigenvalue weighted by Crippen LogP contribution is -2.32. The molecule has 2 amide bonds. The number of pyridine rings is 1. The van der Waals surface area contributed by atoms with Crippen molar-refractivity contribution in [1.82, 2.24) is 25.2 Å². The highest BCUT2D eigenvalue weighted by Gasteiger charge is 2.29. The molecule has 0 radical (unpaired) electrons. The molecule has 26 heavy (non-hydrogen) atoms. The lowest BCUT2D eigenvalue weighted by molar-refractivity contribution is -0.128.